The normalized spacial score (nSPS) is 23.6. The molecule has 2 heterocycles. The van der Waals surface area contributed by atoms with Crippen LogP contribution in [0.4, 0.5) is 0 Å². The van der Waals surface area contributed by atoms with Crippen molar-refractivity contribution in [3.8, 4) is 5.75 Å². The Morgan fingerprint density at radius 2 is 1.41 bits per heavy atom. The number of likely N-dealkylation sites (tertiary alicyclic amines) is 1. The fourth-order valence-electron chi connectivity index (χ4n) is 9.38. The van der Waals surface area contributed by atoms with Gasteiger partial charge in [-0.3, -0.25) is 48.1 Å². The topological polar surface area (TPSA) is 355 Å². The Bertz CT molecular complexity index is 2350. The first-order valence-corrected chi connectivity index (χ1v) is 27.9. The Kier molecular flexibility index (Phi) is 22.9. The van der Waals surface area contributed by atoms with E-state index in [1.54, 1.807) is 68.4 Å². The zero-order chi connectivity index (χ0) is 54.7. The smallest absolute Gasteiger partial charge is 0.246 e. The lowest BCUT2D eigenvalue weighted by atomic mass is 9.85. The van der Waals surface area contributed by atoms with Crippen LogP contribution in [0.5, 0.6) is 5.75 Å². The number of benzene rings is 2. The van der Waals surface area contributed by atoms with Crippen LogP contribution in [0.15, 0.2) is 59.6 Å². The van der Waals surface area contributed by atoms with Crippen LogP contribution in [0.3, 0.4) is 0 Å². The number of ether oxygens (including phenoxy) is 1. The summed E-state index contributed by atoms with van der Waals surface area (Å²) >= 11 is 0. The SMILES string of the molecule is CCOc1ccc(C[C@H]2NC(=O)CC3(CCCCC3)SSC[C@@H](C(=O)N3CCC[C@H]3C(=O)N[C@@H](CCCN=C(N)N)C(N)=O)NC(=O)[C@H](CC(N)=O)NC(=O)[C@H](C(C)C)NC(=O)[C@H](Cc3ccccc3)NC2=O)cc1. The summed E-state index contributed by atoms with van der Waals surface area (Å²) < 4.78 is 4.95. The molecule has 1 spiro atoms. The molecular weight excluding hydrogens is 1000 g/mol. The molecule has 5 rings (SSSR count). The van der Waals surface area contributed by atoms with Crippen LogP contribution < -0.4 is 59.6 Å². The van der Waals surface area contributed by atoms with Gasteiger partial charge in [-0.2, -0.15) is 0 Å². The zero-order valence-electron chi connectivity index (χ0n) is 42.9. The van der Waals surface area contributed by atoms with Gasteiger partial charge >= 0.3 is 0 Å². The molecule has 2 aliphatic heterocycles. The molecular formula is C51H74N12O10S2. The van der Waals surface area contributed by atoms with Gasteiger partial charge in [0.05, 0.1) is 13.0 Å². The van der Waals surface area contributed by atoms with Crippen molar-refractivity contribution in [2.24, 2.45) is 33.8 Å². The quantitative estimate of drug-likeness (QED) is 0.0442. The van der Waals surface area contributed by atoms with Crippen LogP contribution in [-0.4, -0.2) is 137 Å². The minimum atomic E-state index is -1.63. The lowest BCUT2D eigenvalue weighted by Gasteiger charge is -2.37. The van der Waals surface area contributed by atoms with E-state index >= 15 is 0 Å². The fraction of sp³-hybridized carbons (Fsp3) is 0.569. The average molecular weight is 1080 g/mol. The van der Waals surface area contributed by atoms with Gasteiger partial charge in [0.2, 0.25) is 53.2 Å². The molecule has 2 aromatic carbocycles. The van der Waals surface area contributed by atoms with Gasteiger partial charge in [-0.05, 0) is 74.6 Å². The van der Waals surface area contributed by atoms with Crippen LogP contribution in [0.1, 0.15) is 103 Å². The molecule has 3 fully saturated rings. The number of nitrogens with zero attached hydrogens (tertiary/aromatic N) is 2. The number of nitrogens with one attached hydrogen (secondary N) is 6. The van der Waals surface area contributed by atoms with Gasteiger partial charge in [-0.1, -0.05) is 97.2 Å². The molecule has 2 saturated heterocycles. The minimum absolute atomic E-state index is 0.000376. The number of carbonyl (C=O) groups is 9. The molecule has 410 valence electrons. The Morgan fingerprint density at radius 1 is 0.787 bits per heavy atom. The first kappa shape index (κ1) is 59.3. The Labute approximate surface area is 445 Å². The standard InChI is InChI=1S/C51H74N12O10S2/c1-4-73-33-19-17-32(18-20-33)26-35-44(67)59-36(25-31-13-7-5-8-14-31)46(69)62-42(30(2)3)48(71)60-37(27-40(52)64)45(68)61-38(29-74-75-51(28-41(65)57-35)21-9-6-10-22-51)49(72)63-24-12-16-39(63)47(70)58-34(43(53)66)15-11-23-56-50(54)55/h5,7-8,13-14,17-20,30,34-39,42H,4,6,9-12,15-16,21-29H2,1-3H3,(H2,52,64)(H2,53,66)(H,57,65)(H,58,70)(H,59,67)(H,60,71)(H,61,68)(H,62,69)(H4,54,55,56)/t34-,35+,36-,37-,38-,39-,42-/m0/s1. The van der Waals surface area contributed by atoms with E-state index in [-0.39, 0.29) is 56.9 Å². The minimum Gasteiger partial charge on any atom is -0.494 e. The van der Waals surface area contributed by atoms with Crippen LogP contribution in [0.25, 0.3) is 0 Å². The van der Waals surface area contributed by atoms with Crippen molar-refractivity contribution in [2.45, 2.75) is 151 Å². The van der Waals surface area contributed by atoms with Crippen molar-refractivity contribution in [1.82, 2.24) is 36.8 Å². The maximum atomic E-state index is 14.8. The monoisotopic (exact) mass is 1080 g/mol. The Hall–Kier alpha value is -6.56. The fourth-order valence-corrected chi connectivity index (χ4v) is 12.7. The first-order chi connectivity index (χ1) is 35.8. The van der Waals surface area contributed by atoms with E-state index in [4.69, 9.17) is 27.7 Å². The Balaban J connectivity index is 1.52. The van der Waals surface area contributed by atoms with E-state index in [9.17, 15) is 43.2 Å². The number of carbonyl (C=O) groups excluding carboxylic acids is 9. The van der Waals surface area contributed by atoms with E-state index in [1.165, 1.54) is 26.5 Å². The number of guanidine groups is 1. The number of nitrogens with two attached hydrogens (primary N) is 4. The van der Waals surface area contributed by atoms with Crippen molar-refractivity contribution in [3.63, 3.8) is 0 Å². The number of rotatable bonds is 17. The van der Waals surface area contributed by atoms with Gasteiger partial charge in [0.25, 0.3) is 0 Å². The molecule has 3 aliphatic rings. The molecule has 22 nitrogen and oxygen atoms in total. The van der Waals surface area contributed by atoms with Gasteiger partial charge in [0.1, 0.15) is 48.0 Å². The van der Waals surface area contributed by atoms with E-state index in [0.717, 1.165) is 19.3 Å². The predicted molar refractivity (Wildman–Crippen MR) is 286 cm³/mol. The highest BCUT2D eigenvalue weighted by atomic mass is 33.1. The average Bonchev–Trinajstić information content (AvgIpc) is 3.86. The van der Waals surface area contributed by atoms with Crippen LogP contribution >= 0.6 is 21.6 Å². The number of aliphatic imine (C=N–C) groups is 1. The Morgan fingerprint density at radius 3 is 2.04 bits per heavy atom. The molecule has 0 aromatic heterocycles. The van der Waals surface area contributed by atoms with Gasteiger partial charge in [-0.15, -0.1) is 0 Å². The summed E-state index contributed by atoms with van der Waals surface area (Å²) in [4.78, 5) is 131. The highest BCUT2D eigenvalue weighted by Crippen LogP contribution is 2.48. The summed E-state index contributed by atoms with van der Waals surface area (Å²) in [6.07, 6.45) is 4.16. The summed E-state index contributed by atoms with van der Waals surface area (Å²) in [7, 11) is 2.63. The summed E-state index contributed by atoms with van der Waals surface area (Å²) in [6, 6.07) is 7.17. The molecule has 7 atom stereocenters. The van der Waals surface area contributed by atoms with Crippen LogP contribution in [-0.2, 0) is 56.0 Å². The van der Waals surface area contributed by atoms with Gasteiger partial charge < -0.3 is 64.5 Å². The van der Waals surface area contributed by atoms with Crippen LogP contribution in [0, 0.1) is 5.92 Å². The number of amides is 9. The third kappa shape index (κ3) is 18.4. The maximum absolute atomic E-state index is 14.8. The molecule has 75 heavy (non-hydrogen) atoms. The summed E-state index contributed by atoms with van der Waals surface area (Å²) in [6.45, 7) is 5.92. The molecule has 9 amide bonds. The molecule has 14 N–H and O–H groups in total. The second-order valence-corrected chi connectivity index (χ2v) is 22.4. The highest BCUT2D eigenvalue weighted by molar-refractivity contribution is 8.77. The molecule has 24 heteroatoms. The second kappa shape index (κ2) is 28.9. The van der Waals surface area contributed by atoms with E-state index in [2.05, 4.69) is 36.9 Å². The van der Waals surface area contributed by atoms with E-state index in [1.807, 2.05) is 6.92 Å². The molecule has 2 aromatic rings. The number of primary amides is 2. The van der Waals surface area contributed by atoms with Gasteiger partial charge in [0, 0.05) is 42.9 Å². The van der Waals surface area contributed by atoms with E-state index in [0.29, 0.717) is 49.2 Å². The summed E-state index contributed by atoms with van der Waals surface area (Å²) in [5.74, 6) is -6.86. The maximum Gasteiger partial charge on any atom is 0.246 e. The molecule has 1 saturated carbocycles. The molecule has 0 radical (unpaired) electrons. The van der Waals surface area contributed by atoms with Gasteiger partial charge in [-0.25, -0.2) is 0 Å². The van der Waals surface area contributed by atoms with Crippen molar-refractivity contribution in [3.05, 3.63) is 65.7 Å². The number of hydrogen-bond donors (Lipinski definition) is 10. The third-order valence-electron chi connectivity index (χ3n) is 13.3. The second-order valence-electron chi connectivity index (χ2n) is 19.6. The molecule has 0 unspecified atom stereocenters. The number of hydrogen-bond acceptors (Lipinski definition) is 13. The van der Waals surface area contributed by atoms with Crippen molar-refractivity contribution >= 4 is 80.7 Å². The lowest BCUT2D eigenvalue weighted by Crippen LogP contribution is -2.61. The van der Waals surface area contributed by atoms with Crippen LogP contribution in [0.2, 0.25) is 0 Å². The van der Waals surface area contributed by atoms with Gasteiger partial charge in [0.15, 0.2) is 5.96 Å². The van der Waals surface area contributed by atoms with Crippen molar-refractivity contribution in [1.29, 1.82) is 0 Å². The van der Waals surface area contributed by atoms with Crippen molar-refractivity contribution < 1.29 is 47.9 Å². The highest BCUT2D eigenvalue weighted by Gasteiger charge is 2.42. The largest absolute Gasteiger partial charge is 0.494 e. The lowest BCUT2D eigenvalue weighted by molar-refractivity contribution is -0.142. The third-order valence-corrected chi connectivity index (χ3v) is 16.6. The summed E-state index contributed by atoms with van der Waals surface area (Å²) in [5, 5.41) is 16.6. The first-order valence-electron chi connectivity index (χ1n) is 25.6. The molecule has 0 bridgehead atoms. The summed E-state index contributed by atoms with van der Waals surface area (Å²) in [5.41, 5.74) is 23.5. The molecule has 1 aliphatic carbocycles. The van der Waals surface area contributed by atoms with E-state index < -0.39 is 113 Å². The zero-order valence-corrected chi connectivity index (χ0v) is 44.6. The predicted octanol–water partition coefficient (Wildman–Crippen LogP) is 0.329. The van der Waals surface area contributed by atoms with Crippen molar-refractivity contribution in [2.75, 3.05) is 25.4 Å².